The second-order valence-corrected chi connectivity index (χ2v) is 10.3. The molecule has 3 fully saturated rings. The number of ether oxygens (including phenoxy) is 2. The molecular weight excluding hydrogens is 454 g/mol. The molecule has 2 atom stereocenters. The Labute approximate surface area is 214 Å². The van der Waals surface area contributed by atoms with E-state index in [1.165, 1.54) is 5.56 Å². The molecule has 2 aliphatic heterocycles. The van der Waals surface area contributed by atoms with E-state index in [2.05, 4.69) is 29.2 Å². The van der Waals surface area contributed by atoms with Gasteiger partial charge >= 0.3 is 0 Å². The lowest BCUT2D eigenvalue weighted by Crippen LogP contribution is -2.53. The Kier molecular flexibility index (Phi) is 7.46. The maximum absolute atomic E-state index is 13.7. The molecule has 2 saturated heterocycles. The van der Waals surface area contributed by atoms with Gasteiger partial charge < -0.3 is 19.3 Å². The molecule has 2 aromatic rings. The van der Waals surface area contributed by atoms with Gasteiger partial charge in [-0.25, -0.2) is 0 Å². The molecule has 2 aromatic carbocycles. The highest BCUT2D eigenvalue weighted by molar-refractivity contribution is 5.84. The number of carbonyl (C=O) groups excluding carboxylic acids is 2. The van der Waals surface area contributed by atoms with Gasteiger partial charge in [-0.3, -0.25) is 14.5 Å². The predicted octanol–water partition coefficient (Wildman–Crippen LogP) is 3.39. The van der Waals surface area contributed by atoms with E-state index in [9.17, 15) is 9.59 Å². The first-order valence-electron chi connectivity index (χ1n) is 13.1. The molecule has 0 spiro atoms. The lowest BCUT2D eigenvalue weighted by atomic mass is 9.83. The highest BCUT2D eigenvalue weighted by Gasteiger charge is 2.41. The minimum atomic E-state index is -0.180. The topological polar surface area (TPSA) is 62.3 Å². The summed E-state index contributed by atoms with van der Waals surface area (Å²) in [6.45, 7) is 5.31. The molecule has 5 rings (SSSR count). The summed E-state index contributed by atoms with van der Waals surface area (Å²) in [7, 11) is 3.26. The number of methoxy groups -OCH3 is 2. The number of likely N-dealkylation sites (tertiary alicyclic amines) is 1. The molecule has 0 N–H and O–H groups in total. The third-order valence-corrected chi connectivity index (χ3v) is 7.85. The number of amides is 2. The van der Waals surface area contributed by atoms with Crippen LogP contribution in [0.2, 0.25) is 0 Å². The summed E-state index contributed by atoms with van der Waals surface area (Å²) < 4.78 is 10.9. The molecule has 7 heteroatoms. The summed E-state index contributed by atoms with van der Waals surface area (Å²) in [5.74, 6) is 1.82. The maximum atomic E-state index is 13.7. The zero-order valence-electron chi connectivity index (χ0n) is 21.4. The Morgan fingerprint density at radius 3 is 2.17 bits per heavy atom. The van der Waals surface area contributed by atoms with Crippen LogP contribution in [-0.2, 0) is 16.1 Å². The van der Waals surface area contributed by atoms with Gasteiger partial charge in [0.25, 0.3) is 0 Å². The van der Waals surface area contributed by atoms with Crippen LogP contribution in [0, 0.1) is 11.8 Å². The zero-order valence-corrected chi connectivity index (χ0v) is 21.4. The molecular formula is C29H37N3O4. The van der Waals surface area contributed by atoms with E-state index in [4.69, 9.17) is 9.47 Å². The van der Waals surface area contributed by atoms with Crippen LogP contribution < -0.4 is 9.47 Å². The smallest absolute Gasteiger partial charge is 0.227 e. The molecule has 1 aliphatic carbocycles. The van der Waals surface area contributed by atoms with Crippen LogP contribution in [0.3, 0.4) is 0 Å². The fraction of sp³-hybridized carbons (Fsp3) is 0.517. The van der Waals surface area contributed by atoms with Gasteiger partial charge in [0.1, 0.15) is 0 Å². The predicted molar refractivity (Wildman–Crippen MR) is 138 cm³/mol. The van der Waals surface area contributed by atoms with E-state index in [-0.39, 0.29) is 29.6 Å². The second-order valence-electron chi connectivity index (χ2n) is 10.3. The molecule has 1 saturated carbocycles. The van der Waals surface area contributed by atoms with Crippen molar-refractivity contribution >= 4 is 11.8 Å². The first kappa shape index (κ1) is 24.6. The highest BCUT2D eigenvalue weighted by atomic mass is 16.5. The molecule has 2 unspecified atom stereocenters. The number of hydrogen-bond donors (Lipinski definition) is 0. The Morgan fingerprint density at radius 2 is 1.50 bits per heavy atom. The number of rotatable bonds is 7. The van der Waals surface area contributed by atoms with E-state index in [1.54, 1.807) is 14.2 Å². The first-order chi connectivity index (χ1) is 17.6. The van der Waals surface area contributed by atoms with Crippen molar-refractivity contribution in [1.29, 1.82) is 0 Å². The van der Waals surface area contributed by atoms with E-state index in [0.29, 0.717) is 24.6 Å². The molecule has 2 amide bonds. The minimum Gasteiger partial charge on any atom is -0.493 e. The molecule has 3 aliphatic rings. The van der Waals surface area contributed by atoms with Crippen LogP contribution in [0.1, 0.15) is 36.3 Å². The summed E-state index contributed by atoms with van der Waals surface area (Å²) in [5.41, 5.74) is 2.39. The normalized spacial score (nSPS) is 22.8. The average Bonchev–Trinajstić information content (AvgIpc) is 3.78. The van der Waals surface area contributed by atoms with Gasteiger partial charge in [-0.15, -0.1) is 0 Å². The lowest BCUT2D eigenvalue weighted by molar-refractivity contribution is -0.143. The van der Waals surface area contributed by atoms with Gasteiger partial charge in [-0.2, -0.15) is 0 Å². The number of carbonyl (C=O) groups is 2. The monoisotopic (exact) mass is 491 g/mol. The first-order valence-corrected chi connectivity index (χ1v) is 13.1. The molecule has 192 valence electrons. The van der Waals surface area contributed by atoms with Crippen molar-refractivity contribution in [2.24, 2.45) is 11.8 Å². The minimum absolute atomic E-state index is 0.0922. The molecule has 2 heterocycles. The number of nitrogens with zero attached hydrogens (tertiary/aromatic N) is 3. The molecule has 0 bridgehead atoms. The molecule has 7 nitrogen and oxygen atoms in total. The van der Waals surface area contributed by atoms with Crippen LogP contribution in [0.25, 0.3) is 0 Å². The Bertz CT molecular complexity index is 1060. The van der Waals surface area contributed by atoms with Crippen LogP contribution in [0.15, 0.2) is 48.5 Å². The highest BCUT2D eigenvalue weighted by Crippen LogP contribution is 2.39. The quantitative estimate of drug-likeness (QED) is 0.594. The summed E-state index contributed by atoms with van der Waals surface area (Å²) >= 11 is 0. The SMILES string of the molecule is COc1ccc(C2CC(C(=O)N3CCN(Cc4ccccc4)CC3)CN(C(=O)C3CC3)C2)cc1OC. The van der Waals surface area contributed by atoms with Gasteiger partial charge in [0.05, 0.1) is 20.1 Å². The Balaban J connectivity index is 1.27. The standard InChI is InChI=1S/C29H37N3O4/c1-35-26-11-10-23(17-27(26)36-2)24-16-25(20-32(19-24)28(33)22-8-9-22)29(34)31-14-12-30(13-15-31)18-21-6-4-3-5-7-21/h3-7,10-11,17,22,24-25H,8-9,12-16,18-20H2,1-2H3. The second kappa shape index (κ2) is 10.9. The average molecular weight is 492 g/mol. The summed E-state index contributed by atoms with van der Waals surface area (Å²) in [5, 5.41) is 0. The molecule has 0 radical (unpaired) electrons. The van der Waals surface area contributed by atoms with Crippen LogP contribution in [0.4, 0.5) is 0 Å². The van der Waals surface area contributed by atoms with E-state index in [1.807, 2.05) is 34.1 Å². The van der Waals surface area contributed by atoms with Crippen molar-refractivity contribution in [2.45, 2.75) is 31.7 Å². The summed E-state index contributed by atoms with van der Waals surface area (Å²) in [4.78, 5) is 33.2. The third-order valence-electron chi connectivity index (χ3n) is 7.85. The zero-order chi connectivity index (χ0) is 25.1. The lowest BCUT2D eigenvalue weighted by Gasteiger charge is -2.41. The van der Waals surface area contributed by atoms with Gasteiger partial charge in [0, 0.05) is 57.6 Å². The Hall–Kier alpha value is -3.06. The fourth-order valence-corrected chi connectivity index (χ4v) is 5.62. The van der Waals surface area contributed by atoms with E-state index in [0.717, 1.165) is 57.5 Å². The number of hydrogen-bond acceptors (Lipinski definition) is 5. The Morgan fingerprint density at radius 1 is 0.806 bits per heavy atom. The van der Waals surface area contributed by atoms with Crippen molar-refractivity contribution in [3.05, 3.63) is 59.7 Å². The number of benzene rings is 2. The fourth-order valence-electron chi connectivity index (χ4n) is 5.62. The number of piperidine rings is 1. The summed E-state index contributed by atoms with van der Waals surface area (Å²) in [6.07, 6.45) is 2.68. The largest absolute Gasteiger partial charge is 0.493 e. The van der Waals surface area contributed by atoms with Gasteiger partial charge in [-0.05, 0) is 42.5 Å². The van der Waals surface area contributed by atoms with Gasteiger partial charge in [0.2, 0.25) is 11.8 Å². The van der Waals surface area contributed by atoms with Gasteiger partial charge in [-0.1, -0.05) is 36.4 Å². The van der Waals surface area contributed by atoms with Crippen molar-refractivity contribution in [2.75, 3.05) is 53.5 Å². The number of piperazine rings is 1. The van der Waals surface area contributed by atoms with Crippen LogP contribution in [0.5, 0.6) is 11.5 Å². The molecule has 0 aromatic heterocycles. The van der Waals surface area contributed by atoms with Crippen molar-refractivity contribution in [3.8, 4) is 11.5 Å². The summed E-state index contributed by atoms with van der Waals surface area (Å²) in [6, 6.07) is 16.4. The van der Waals surface area contributed by atoms with E-state index < -0.39 is 0 Å². The van der Waals surface area contributed by atoms with E-state index >= 15 is 0 Å². The van der Waals surface area contributed by atoms with Crippen molar-refractivity contribution in [3.63, 3.8) is 0 Å². The molecule has 36 heavy (non-hydrogen) atoms. The van der Waals surface area contributed by atoms with Crippen LogP contribution >= 0.6 is 0 Å². The third kappa shape index (κ3) is 5.51. The van der Waals surface area contributed by atoms with Crippen LogP contribution in [-0.4, -0.2) is 80.0 Å². The van der Waals surface area contributed by atoms with Crippen molar-refractivity contribution in [1.82, 2.24) is 14.7 Å². The maximum Gasteiger partial charge on any atom is 0.227 e. The van der Waals surface area contributed by atoms with Gasteiger partial charge in [0.15, 0.2) is 11.5 Å². The van der Waals surface area contributed by atoms with Crippen molar-refractivity contribution < 1.29 is 19.1 Å².